The van der Waals surface area contributed by atoms with E-state index in [1.807, 2.05) is 6.07 Å². The topological polar surface area (TPSA) is 101 Å². The molecule has 96 valence electrons. The van der Waals surface area contributed by atoms with E-state index in [0.717, 1.165) is 5.56 Å². The Morgan fingerprint density at radius 1 is 1.44 bits per heavy atom. The van der Waals surface area contributed by atoms with Gasteiger partial charge in [0.25, 0.3) is 0 Å². The van der Waals surface area contributed by atoms with Gasteiger partial charge < -0.3 is 15.5 Å². The van der Waals surface area contributed by atoms with Gasteiger partial charge in [-0.1, -0.05) is 6.07 Å². The van der Waals surface area contributed by atoms with Crippen LogP contribution >= 0.6 is 0 Å². The van der Waals surface area contributed by atoms with Gasteiger partial charge in [-0.3, -0.25) is 9.78 Å². The fourth-order valence-electron chi connectivity index (χ4n) is 1.71. The number of carbonyl (C=O) groups excluding carboxylic acids is 1. The molecule has 1 heterocycles. The molecule has 2 aromatic rings. The van der Waals surface area contributed by atoms with Crippen LogP contribution in [0.4, 0.5) is 0 Å². The fraction of sp³-hybridized carbons (Fsp3) is 0.333. The van der Waals surface area contributed by atoms with Crippen LogP contribution in [0, 0.1) is 0 Å². The monoisotopic (exact) mass is 249 g/mol. The average Bonchev–Trinajstić information content (AvgIpc) is 2.69. The summed E-state index contributed by atoms with van der Waals surface area (Å²) in [5.41, 5.74) is 7.48. The smallest absolute Gasteiger partial charge is 0.408 e. The molecule has 0 bridgehead atoms. The van der Waals surface area contributed by atoms with Crippen LogP contribution in [0.5, 0.6) is 0 Å². The first-order valence-electron chi connectivity index (χ1n) is 5.77. The number of rotatable bonds is 5. The first kappa shape index (κ1) is 12.4. The maximum Gasteiger partial charge on any atom is 0.417 e. The van der Waals surface area contributed by atoms with Gasteiger partial charge in [-0.25, -0.2) is 4.79 Å². The highest BCUT2D eigenvalue weighted by Gasteiger charge is 2.03. The third kappa shape index (κ3) is 2.98. The molecule has 18 heavy (non-hydrogen) atoms. The lowest BCUT2D eigenvalue weighted by atomic mass is 10.1. The second-order valence-corrected chi connectivity index (χ2v) is 3.98. The Kier molecular flexibility index (Phi) is 3.78. The molecule has 0 aliphatic rings. The number of aromatic amines is 1. The molecule has 2 rings (SSSR count). The molecule has 0 saturated carbocycles. The summed E-state index contributed by atoms with van der Waals surface area (Å²) < 4.78 is 4.96. The average molecular weight is 249 g/mol. The Bertz CT molecular complexity index is 600. The molecule has 0 unspecified atom stereocenters. The van der Waals surface area contributed by atoms with Crippen molar-refractivity contribution in [2.75, 3.05) is 13.1 Å². The van der Waals surface area contributed by atoms with Gasteiger partial charge in [-0.2, -0.15) is 0 Å². The SMILES string of the molecule is NCCC(=O)NCCc1ccc2[nH]c(=O)oc2c1. The minimum absolute atomic E-state index is 0.0493. The van der Waals surface area contributed by atoms with Crippen molar-refractivity contribution in [3.8, 4) is 0 Å². The number of H-pyrrole nitrogens is 1. The number of nitrogens with two attached hydrogens (primary N) is 1. The van der Waals surface area contributed by atoms with Crippen molar-refractivity contribution < 1.29 is 9.21 Å². The second kappa shape index (κ2) is 5.50. The molecule has 1 amide bonds. The van der Waals surface area contributed by atoms with Gasteiger partial charge in [-0.15, -0.1) is 0 Å². The lowest BCUT2D eigenvalue weighted by Crippen LogP contribution is -2.27. The Balaban J connectivity index is 1.95. The number of fused-ring (bicyclic) bond motifs is 1. The zero-order valence-electron chi connectivity index (χ0n) is 9.86. The van der Waals surface area contributed by atoms with E-state index in [1.54, 1.807) is 12.1 Å². The highest BCUT2D eigenvalue weighted by Crippen LogP contribution is 2.12. The van der Waals surface area contributed by atoms with Crippen molar-refractivity contribution in [2.24, 2.45) is 5.73 Å². The predicted molar refractivity (Wildman–Crippen MR) is 67.2 cm³/mol. The lowest BCUT2D eigenvalue weighted by molar-refractivity contribution is -0.120. The molecule has 0 radical (unpaired) electrons. The highest BCUT2D eigenvalue weighted by atomic mass is 16.4. The number of nitrogens with one attached hydrogen (secondary N) is 2. The number of benzene rings is 1. The molecular weight excluding hydrogens is 234 g/mol. The maximum absolute atomic E-state index is 11.2. The molecule has 0 fully saturated rings. The van der Waals surface area contributed by atoms with E-state index in [2.05, 4.69) is 10.3 Å². The summed E-state index contributed by atoms with van der Waals surface area (Å²) in [6.07, 6.45) is 1.02. The third-order valence-corrected chi connectivity index (χ3v) is 2.59. The normalized spacial score (nSPS) is 10.7. The molecule has 1 aromatic carbocycles. The van der Waals surface area contributed by atoms with Crippen molar-refractivity contribution in [2.45, 2.75) is 12.8 Å². The van der Waals surface area contributed by atoms with Gasteiger partial charge >= 0.3 is 5.76 Å². The minimum atomic E-state index is -0.460. The third-order valence-electron chi connectivity index (χ3n) is 2.59. The van der Waals surface area contributed by atoms with Crippen molar-refractivity contribution in [3.05, 3.63) is 34.3 Å². The van der Waals surface area contributed by atoms with E-state index in [9.17, 15) is 9.59 Å². The Labute approximate surface area is 103 Å². The summed E-state index contributed by atoms with van der Waals surface area (Å²) in [5, 5.41) is 2.77. The summed E-state index contributed by atoms with van der Waals surface area (Å²) in [6.45, 7) is 0.894. The number of carbonyl (C=O) groups is 1. The molecule has 6 heteroatoms. The largest absolute Gasteiger partial charge is 0.417 e. The summed E-state index contributed by atoms with van der Waals surface area (Å²) in [5.74, 6) is -0.509. The van der Waals surface area contributed by atoms with Crippen molar-refractivity contribution in [1.29, 1.82) is 0 Å². The van der Waals surface area contributed by atoms with E-state index >= 15 is 0 Å². The number of amides is 1. The van der Waals surface area contributed by atoms with Gasteiger partial charge in [0.15, 0.2) is 5.58 Å². The molecule has 1 aromatic heterocycles. The van der Waals surface area contributed by atoms with Crippen LogP contribution in [0.2, 0.25) is 0 Å². The molecule has 4 N–H and O–H groups in total. The molecule has 0 aliphatic heterocycles. The Morgan fingerprint density at radius 3 is 3.06 bits per heavy atom. The summed E-state index contributed by atoms with van der Waals surface area (Å²) in [7, 11) is 0. The molecule has 0 spiro atoms. The quantitative estimate of drug-likeness (QED) is 0.701. The lowest BCUT2D eigenvalue weighted by Gasteiger charge is -2.04. The standard InChI is InChI=1S/C12H15N3O3/c13-5-3-11(16)14-6-4-8-1-2-9-10(7-8)18-12(17)15-9/h1-2,7H,3-6,13H2,(H,14,16)(H,15,17). The van der Waals surface area contributed by atoms with Crippen molar-refractivity contribution in [1.82, 2.24) is 10.3 Å². The minimum Gasteiger partial charge on any atom is -0.408 e. The van der Waals surface area contributed by atoms with Gasteiger partial charge in [0.2, 0.25) is 5.91 Å². The molecule has 0 saturated heterocycles. The Morgan fingerprint density at radius 2 is 2.28 bits per heavy atom. The zero-order valence-corrected chi connectivity index (χ0v) is 9.86. The Hall–Kier alpha value is -2.08. The maximum atomic E-state index is 11.2. The van der Waals surface area contributed by atoms with Crippen LogP contribution in [0.15, 0.2) is 27.4 Å². The van der Waals surface area contributed by atoms with E-state index in [4.69, 9.17) is 10.2 Å². The number of hydrogen-bond donors (Lipinski definition) is 3. The van der Waals surface area contributed by atoms with E-state index in [-0.39, 0.29) is 5.91 Å². The summed E-state index contributed by atoms with van der Waals surface area (Å²) in [6, 6.07) is 5.47. The van der Waals surface area contributed by atoms with Crippen LogP contribution in [0.25, 0.3) is 11.1 Å². The number of aromatic nitrogens is 1. The van der Waals surface area contributed by atoms with Crippen molar-refractivity contribution in [3.63, 3.8) is 0 Å². The van der Waals surface area contributed by atoms with Gasteiger partial charge in [0.1, 0.15) is 0 Å². The van der Waals surface area contributed by atoms with Gasteiger partial charge in [0.05, 0.1) is 5.52 Å². The molecular formula is C12H15N3O3. The van der Waals surface area contributed by atoms with Crippen LogP contribution in [-0.4, -0.2) is 24.0 Å². The predicted octanol–water partition coefficient (Wildman–Crippen LogP) is 0.129. The van der Waals surface area contributed by atoms with Crippen LogP contribution in [0.3, 0.4) is 0 Å². The van der Waals surface area contributed by atoms with Gasteiger partial charge in [0, 0.05) is 19.5 Å². The molecule has 6 nitrogen and oxygen atoms in total. The van der Waals surface area contributed by atoms with Crippen LogP contribution in [-0.2, 0) is 11.2 Å². The number of hydrogen-bond acceptors (Lipinski definition) is 4. The fourth-order valence-corrected chi connectivity index (χ4v) is 1.71. The molecule has 0 aliphatic carbocycles. The highest BCUT2D eigenvalue weighted by molar-refractivity contribution is 5.76. The zero-order chi connectivity index (χ0) is 13.0. The first-order chi connectivity index (χ1) is 8.69. The van der Waals surface area contributed by atoms with Crippen molar-refractivity contribution >= 4 is 17.0 Å². The summed E-state index contributed by atoms with van der Waals surface area (Å²) >= 11 is 0. The van der Waals surface area contributed by atoms with E-state index in [1.165, 1.54) is 0 Å². The molecule has 0 atom stereocenters. The summed E-state index contributed by atoms with van der Waals surface area (Å²) in [4.78, 5) is 24.7. The second-order valence-electron chi connectivity index (χ2n) is 3.98. The number of oxazole rings is 1. The van der Waals surface area contributed by atoms with Gasteiger partial charge in [-0.05, 0) is 24.1 Å². The van der Waals surface area contributed by atoms with E-state index < -0.39 is 5.76 Å². The first-order valence-corrected chi connectivity index (χ1v) is 5.77. The van der Waals surface area contributed by atoms with Crippen LogP contribution < -0.4 is 16.8 Å². The van der Waals surface area contributed by atoms with E-state index in [0.29, 0.717) is 37.0 Å². The van der Waals surface area contributed by atoms with Crippen LogP contribution in [0.1, 0.15) is 12.0 Å².